The van der Waals surface area contributed by atoms with Crippen LogP contribution >= 0.6 is 0 Å². The zero-order valence-electron chi connectivity index (χ0n) is 16.4. The Bertz CT molecular complexity index is 1160. The third kappa shape index (κ3) is 3.55. The summed E-state index contributed by atoms with van der Waals surface area (Å²) in [6, 6.07) is 24.7. The number of ketones is 1. The van der Waals surface area contributed by atoms with Crippen molar-refractivity contribution in [3.05, 3.63) is 95.7 Å². The van der Waals surface area contributed by atoms with E-state index >= 15 is 0 Å². The van der Waals surface area contributed by atoms with E-state index in [4.69, 9.17) is 18.6 Å². The highest BCUT2D eigenvalue weighted by molar-refractivity contribution is 6.03. The van der Waals surface area contributed by atoms with Crippen molar-refractivity contribution in [1.29, 1.82) is 0 Å². The lowest BCUT2D eigenvalue weighted by molar-refractivity contribution is 0.0949. The average Bonchev–Trinajstić information content (AvgIpc) is 3.48. The molecule has 1 aliphatic heterocycles. The number of Topliss-reactive ketones (excluding diaryl/α,β-unsaturated/α-hetero) is 1. The number of carbonyl (C=O) groups excluding carboxylic acids is 1. The molecule has 0 bridgehead atoms. The molecule has 1 aromatic heterocycles. The highest BCUT2D eigenvalue weighted by Crippen LogP contribution is 2.44. The molecule has 5 heteroatoms. The minimum atomic E-state index is -0.585. The van der Waals surface area contributed by atoms with Crippen LogP contribution in [0.1, 0.15) is 27.8 Å². The molecule has 0 radical (unpaired) electrons. The molecule has 1 fully saturated rings. The normalized spacial score (nSPS) is 17.6. The van der Waals surface area contributed by atoms with Gasteiger partial charge in [0.05, 0.1) is 12.7 Å². The molecular weight excluding hydrogens is 380 g/mol. The summed E-state index contributed by atoms with van der Waals surface area (Å²) in [6.07, 6.45) is -0.966. The van der Waals surface area contributed by atoms with Gasteiger partial charge in [-0.2, -0.15) is 0 Å². The molecule has 150 valence electrons. The van der Waals surface area contributed by atoms with Gasteiger partial charge in [0, 0.05) is 11.5 Å². The van der Waals surface area contributed by atoms with Gasteiger partial charge in [0.25, 0.3) is 0 Å². The molecular formula is C25H20O5. The van der Waals surface area contributed by atoms with Crippen molar-refractivity contribution in [2.24, 2.45) is 0 Å². The fraction of sp³-hybridized carbons (Fsp3) is 0.160. The summed E-state index contributed by atoms with van der Waals surface area (Å²) < 4.78 is 22.8. The van der Waals surface area contributed by atoms with Crippen molar-refractivity contribution in [3.63, 3.8) is 0 Å². The van der Waals surface area contributed by atoms with Crippen LogP contribution in [0.15, 0.2) is 83.3 Å². The zero-order chi connectivity index (χ0) is 20.5. The van der Waals surface area contributed by atoms with E-state index in [1.807, 2.05) is 60.7 Å². The van der Waals surface area contributed by atoms with Crippen molar-refractivity contribution in [3.8, 4) is 11.5 Å². The van der Waals surface area contributed by atoms with Crippen LogP contribution in [0.3, 0.4) is 0 Å². The molecule has 0 spiro atoms. The van der Waals surface area contributed by atoms with Crippen LogP contribution in [-0.4, -0.2) is 19.0 Å². The lowest BCUT2D eigenvalue weighted by atomic mass is 10.0. The Morgan fingerprint density at radius 2 is 1.77 bits per heavy atom. The second kappa shape index (κ2) is 7.69. The van der Waals surface area contributed by atoms with Gasteiger partial charge in [0.1, 0.15) is 35.6 Å². The number of hydrogen-bond acceptors (Lipinski definition) is 5. The lowest BCUT2D eigenvalue weighted by Gasteiger charge is -2.12. The number of methoxy groups -OCH3 is 1. The Kier molecular flexibility index (Phi) is 4.73. The predicted molar refractivity (Wildman–Crippen MR) is 112 cm³/mol. The smallest absolute Gasteiger partial charge is 0.198 e. The highest BCUT2D eigenvalue weighted by atomic mass is 16.6. The fourth-order valence-electron chi connectivity index (χ4n) is 3.51. The summed E-state index contributed by atoms with van der Waals surface area (Å²) in [5, 5.41) is 0.991. The average molecular weight is 400 g/mol. The number of benzene rings is 3. The van der Waals surface area contributed by atoms with Crippen molar-refractivity contribution in [2.45, 2.75) is 18.8 Å². The molecule has 0 N–H and O–H groups in total. The SMILES string of the molecule is COc1ccc(C(=O)[C@@H]2O[C@@H]2c2cc3ccccc3o2)c(OCc2ccccc2)c1. The van der Waals surface area contributed by atoms with Crippen LogP contribution in [0.25, 0.3) is 11.0 Å². The quantitative estimate of drug-likeness (QED) is 0.309. The van der Waals surface area contributed by atoms with Crippen LogP contribution < -0.4 is 9.47 Å². The molecule has 5 rings (SSSR count). The molecule has 1 aliphatic rings. The van der Waals surface area contributed by atoms with E-state index in [2.05, 4.69) is 0 Å². The van der Waals surface area contributed by atoms with Crippen molar-refractivity contribution < 1.29 is 23.4 Å². The standard InChI is InChI=1S/C25H20O5/c1-27-18-11-12-19(21(14-18)28-15-16-7-3-2-4-8-16)23(26)25-24(30-25)22-13-17-9-5-6-10-20(17)29-22/h2-14,24-25H,15H2,1H3/t24-,25+/m1/s1. The number of rotatable bonds is 7. The first-order chi connectivity index (χ1) is 14.7. The third-order valence-corrected chi connectivity index (χ3v) is 5.17. The van der Waals surface area contributed by atoms with Crippen LogP contribution in [0.5, 0.6) is 11.5 Å². The molecule has 0 unspecified atom stereocenters. The molecule has 30 heavy (non-hydrogen) atoms. The lowest BCUT2D eigenvalue weighted by Crippen LogP contribution is -2.11. The molecule has 2 heterocycles. The first-order valence-corrected chi connectivity index (χ1v) is 9.76. The Hall–Kier alpha value is -3.57. The molecule has 0 amide bonds. The van der Waals surface area contributed by atoms with Gasteiger partial charge in [-0.25, -0.2) is 0 Å². The molecule has 0 saturated carbocycles. The number of hydrogen-bond donors (Lipinski definition) is 0. The topological polar surface area (TPSA) is 61.2 Å². The van der Waals surface area contributed by atoms with Gasteiger partial charge in [-0.15, -0.1) is 0 Å². The first-order valence-electron chi connectivity index (χ1n) is 9.76. The zero-order valence-corrected chi connectivity index (χ0v) is 16.4. The number of ether oxygens (including phenoxy) is 3. The summed E-state index contributed by atoms with van der Waals surface area (Å²) in [5.74, 6) is 1.63. The largest absolute Gasteiger partial charge is 0.497 e. The van der Waals surface area contributed by atoms with E-state index < -0.39 is 6.10 Å². The van der Waals surface area contributed by atoms with Crippen LogP contribution in [0, 0.1) is 0 Å². The molecule has 2 atom stereocenters. The molecule has 3 aromatic carbocycles. The first kappa shape index (κ1) is 18.5. The third-order valence-electron chi connectivity index (χ3n) is 5.17. The van der Waals surface area contributed by atoms with Crippen LogP contribution in [-0.2, 0) is 11.3 Å². The fourth-order valence-corrected chi connectivity index (χ4v) is 3.51. The second-order valence-electron chi connectivity index (χ2n) is 7.16. The van der Waals surface area contributed by atoms with Gasteiger partial charge >= 0.3 is 0 Å². The Morgan fingerprint density at radius 3 is 2.57 bits per heavy atom. The van der Waals surface area contributed by atoms with Crippen LogP contribution in [0.4, 0.5) is 0 Å². The summed E-state index contributed by atoms with van der Waals surface area (Å²) in [7, 11) is 1.58. The van der Waals surface area contributed by atoms with E-state index in [1.165, 1.54) is 0 Å². The summed E-state index contributed by atoms with van der Waals surface area (Å²) in [6.45, 7) is 0.354. The van der Waals surface area contributed by atoms with Gasteiger partial charge in [-0.3, -0.25) is 4.79 Å². The van der Waals surface area contributed by atoms with Gasteiger partial charge in [0.15, 0.2) is 11.9 Å². The number of fused-ring (bicyclic) bond motifs is 1. The van der Waals surface area contributed by atoms with Crippen LogP contribution in [0.2, 0.25) is 0 Å². The minimum absolute atomic E-state index is 0.133. The van der Waals surface area contributed by atoms with Gasteiger partial charge in [-0.1, -0.05) is 48.5 Å². The Morgan fingerprint density at radius 1 is 0.967 bits per heavy atom. The maximum atomic E-state index is 13.2. The van der Waals surface area contributed by atoms with Crippen molar-refractivity contribution >= 4 is 16.8 Å². The van der Waals surface area contributed by atoms with E-state index in [0.29, 0.717) is 29.4 Å². The Labute approximate surface area is 173 Å². The molecule has 5 nitrogen and oxygen atoms in total. The van der Waals surface area contributed by atoms with E-state index in [-0.39, 0.29) is 11.9 Å². The number of furan rings is 1. The van der Waals surface area contributed by atoms with Crippen molar-refractivity contribution in [2.75, 3.05) is 7.11 Å². The summed E-state index contributed by atoms with van der Waals surface area (Å²) in [4.78, 5) is 13.2. The van der Waals surface area contributed by atoms with E-state index in [9.17, 15) is 4.79 Å². The number of epoxide rings is 1. The minimum Gasteiger partial charge on any atom is -0.497 e. The maximum Gasteiger partial charge on any atom is 0.198 e. The number of carbonyl (C=O) groups is 1. The van der Waals surface area contributed by atoms with Crippen molar-refractivity contribution in [1.82, 2.24) is 0 Å². The van der Waals surface area contributed by atoms with E-state index in [1.54, 1.807) is 25.3 Å². The summed E-state index contributed by atoms with van der Waals surface area (Å²) >= 11 is 0. The molecule has 0 aliphatic carbocycles. The van der Waals surface area contributed by atoms with Gasteiger partial charge < -0.3 is 18.6 Å². The Balaban J connectivity index is 1.37. The van der Waals surface area contributed by atoms with Gasteiger partial charge in [-0.05, 0) is 29.8 Å². The maximum absolute atomic E-state index is 13.2. The predicted octanol–water partition coefficient (Wildman–Crippen LogP) is 5.34. The molecule has 1 saturated heterocycles. The van der Waals surface area contributed by atoms with E-state index in [0.717, 1.165) is 16.5 Å². The highest BCUT2D eigenvalue weighted by Gasteiger charge is 2.49. The summed E-state index contributed by atoms with van der Waals surface area (Å²) in [5.41, 5.74) is 2.27. The second-order valence-corrected chi connectivity index (χ2v) is 7.16. The monoisotopic (exact) mass is 400 g/mol. The van der Waals surface area contributed by atoms with Gasteiger partial charge in [0.2, 0.25) is 0 Å². The molecule has 4 aromatic rings. The number of para-hydroxylation sites is 1.